The fraction of sp³-hybridized carbons (Fsp3) is 0.929. The second kappa shape index (κ2) is 8.10. The number of hydrogen-bond acceptors (Lipinski definition) is 4. The SMILES string of the molecule is CCCS(=O)(=O)N1CCC(NC(=O)[C@@H](N)C(C)CC)CC1. The zero-order valence-corrected chi connectivity index (χ0v) is 14.2. The third kappa shape index (κ3) is 5.23. The van der Waals surface area contributed by atoms with Gasteiger partial charge < -0.3 is 11.1 Å². The van der Waals surface area contributed by atoms with Crippen molar-refractivity contribution in [2.75, 3.05) is 18.8 Å². The Balaban J connectivity index is 2.45. The van der Waals surface area contributed by atoms with Crippen molar-refractivity contribution in [3.8, 4) is 0 Å². The molecule has 0 radical (unpaired) electrons. The van der Waals surface area contributed by atoms with Crippen LogP contribution in [0.2, 0.25) is 0 Å². The number of carbonyl (C=O) groups is 1. The fourth-order valence-corrected chi connectivity index (χ4v) is 4.02. The summed E-state index contributed by atoms with van der Waals surface area (Å²) in [5.41, 5.74) is 5.91. The van der Waals surface area contributed by atoms with Crippen molar-refractivity contribution in [1.82, 2.24) is 9.62 Å². The van der Waals surface area contributed by atoms with E-state index in [1.165, 1.54) is 4.31 Å². The van der Waals surface area contributed by atoms with Crippen molar-refractivity contribution < 1.29 is 13.2 Å². The van der Waals surface area contributed by atoms with Gasteiger partial charge in [0.1, 0.15) is 0 Å². The lowest BCUT2D eigenvalue weighted by Crippen LogP contribution is -2.52. The molecule has 0 bridgehead atoms. The van der Waals surface area contributed by atoms with E-state index < -0.39 is 16.1 Å². The average molecular weight is 319 g/mol. The van der Waals surface area contributed by atoms with E-state index in [-0.39, 0.29) is 23.6 Å². The van der Waals surface area contributed by atoms with Crippen LogP contribution in [-0.2, 0) is 14.8 Å². The molecule has 0 aromatic rings. The lowest BCUT2D eigenvalue weighted by Gasteiger charge is -2.32. The Hall–Kier alpha value is -0.660. The molecule has 0 aliphatic carbocycles. The molecule has 21 heavy (non-hydrogen) atoms. The van der Waals surface area contributed by atoms with Crippen LogP contribution in [0, 0.1) is 5.92 Å². The Labute approximate surface area is 128 Å². The van der Waals surface area contributed by atoms with E-state index in [1.807, 2.05) is 20.8 Å². The maximum atomic E-state index is 12.0. The molecule has 124 valence electrons. The molecular formula is C14H29N3O3S. The van der Waals surface area contributed by atoms with Crippen molar-refractivity contribution in [1.29, 1.82) is 0 Å². The molecule has 1 aliphatic rings. The standard InChI is InChI=1S/C14H29N3O3S/c1-4-10-21(19,20)17-8-6-12(7-9-17)16-14(18)13(15)11(3)5-2/h11-13H,4-10,15H2,1-3H3,(H,16,18)/t11?,13-/m0/s1. The van der Waals surface area contributed by atoms with Crippen LogP contribution in [0.4, 0.5) is 0 Å². The molecule has 6 nitrogen and oxygen atoms in total. The van der Waals surface area contributed by atoms with Crippen LogP contribution in [0.3, 0.4) is 0 Å². The first-order valence-corrected chi connectivity index (χ1v) is 9.46. The summed E-state index contributed by atoms with van der Waals surface area (Å²) in [6.45, 7) is 6.79. The maximum Gasteiger partial charge on any atom is 0.237 e. The van der Waals surface area contributed by atoms with Gasteiger partial charge in [0.15, 0.2) is 0 Å². The number of nitrogens with zero attached hydrogens (tertiary/aromatic N) is 1. The molecule has 3 N–H and O–H groups in total. The van der Waals surface area contributed by atoms with Gasteiger partial charge in [0.05, 0.1) is 11.8 Å². The lowest BCUT2D eigenvalue weighted by atomic mass is 9.98. The maximum absolute atomic E-state index is 12.0. The largest absolute Gasteiger partial charge is 0.352 e. The van der Waals surface area contributed by atoms with Crippen molar-refractivity contribution in [2.45, 2.75) is 58.5 Å². The summed E-state index contributed by atoms with van der Waals surface area (Å²) in [6, 6.07) is -0.461. The first-order chi connectivity index (χ1) is 9.81. The van der Waals surface area contributed by atoms with Gasteiger partial charge in [-0.2, -0.15) is 0 Å². The van der Waals surface area contributed by atoms with Crippen LogP contribution in [0.5, 0.6) is 0 Å². The summed E-state index contributed by atoms with van der Waals surface area (Å²) >= 11 is 0. The van der Waals surface area contributed by atoms with Gasteiger partial charge in [-0.3, -0.25) is 4.79 Å². The molecule has 0 saturated carbocycles. The van der Waals surface area contributed by atoms with Gasteiger partial charge >= 0.3 is 0 Å². The third-order valence-corrected chi connectivity index (χ3v) is 6.29. The fourth-order valence-electron chi connectivity index (χ4n) is 2.48. The van der Waals surface area contributed by atoms with E-state index in [1.54, 1.807) is 0 Å². The van der Waals surface area contributed by atoms with Gasteiger partial charge in [0.25, 0.3) is 0 Å². The Morgan fingerprint density at radius 2 is 1.90 bits per heavy atom. The van der Waals surface area contributed by atoms with Gasteiger partial charge in [-0.25, -0.2) is 12.7 Å². The molecule has 7 heteroatoms. The molecule has 0 spiro atoms. The second-order valence-electron chi connectivity index (χ2n) is 5.91. The Bertz CT molecular complexity index is 431. The molecule has 1 heterocycles. The van der Waals surface area contributed by atoms with Crippen LogP contribution in [0.1, 0.15) is 46.5 Å². The molecule has 0 aromatic heterocycles. The second-order valence-corrected chi connectivity index (χ2v) is 8.00. The molecule has 1 fully saturated rings. The summed E-state index contributed by atoms with van der Waals surface area (Å²) in [4.78, 5) is 12.0. The van der Waals surface area contributed by atoms with Gasteiger partial charge in [0, 0.05) is 19.1 Å². The van der Waals surface area contributed by atoms with E-state index in [0.29, 0.717) is 32.4 Å². The molecule has 2 atom stereocenters. The summed E-state index contributed by atoms with van der Waals surface area (Å²) in [5.74, 6) is 0.220. The van der Waals surface area contributed by atoms with E-state index >= 15 is 0 Å². The summed E-state index contributed by atoms with van der Waals surface area (Å²) in [7, 11) is -3.12. The van der Waals surface area contributed by atoms with Gasteiger partial charge in [-0.05, 0) is 25.2 Å². The minimum atomic E-state index is -3.12. The summed E-state index contributed by atoms with van der Waals surface area (Å²) in [5, 5.41) is 2.95. The number of nitrogens with two attached hydrogens (primary N) is 1. The van der Waals surface area contributed by atoms with Gasteiger partial charge in [-0.15, -0.1) is 0 Å². The highest BCUT2D eigenvalue weighted by atomic mass is 32.2. The molecule has 1 unspecified atom stereocenters. The smallest absolute Gasteiger partial charge is 0.237 e. The Kier molecular flexibility index (Phi) is 7.09. The summed E-state index contributed by atoms with van der Waals surface area (Å²) in [6.07, 6.45) is 2.80. The predicted octanol–water partition coefficient (Wildman–Crippen LogP) is 0.680. The van der Waals surface area contributed by atoms with Crippen LogP contribution >= 0.6 is 0 Å². The zero-order chi connectivity index (χ0) is 16.0. The number of carbonyl (C=O) groups excluding carboxylic acids is 1. The predicted molar refractivity (Wildman–Crippen MR) is 84.2 cm³/mol. The Morgan fingerprint density at radius 3 is 2.38 bits per heavy atom. The van der Waals surface area contributed by atoms with E-state index in [2.05, 4.69) is 5.32 Å². The third-order valence-electron chi connectivity index (χ3n) is 4.22. The first kappa shape index (κ1) is 18.4. The highest BCUT2D eigenvalue weighted by molar-refractivity contribution is 7.89. The lowest BCUT2D eigenvalue weighted by molar-refractivity contribution is -0.124. The van der Waals surface area contributed by atoms with Gasteiger partial charge in [-0.1, -0.05) is 27.2 Å². The highest BCUT2D eigenvalue weighted by Crippen LogP contribution is 2.15. The quantitative estimate of drug-likeness (QED) is 0.722. The van der Waals surface area contributed by atoms with E-state index in [9.17, 15) is 13.2 Å². The molecular weight excluding hydrogens is 290 g/mol. The van der Waals surface area contributed by atoms with Crippen LogP contribution in [0.15, 0.2) is 0 Å². The van der Waals surface area contributed by atoms with E-state index in [0.717, 1.165) is 6.42 Å². The highest BCUT2D eigenvalue weighted by Gasteiger charge is 2.29. The monoisotopic (exact) mass is 319 g/mol. The number of nitrogens with one attached hydrogen (secondary N) is 1. The topological polar surface area (TPSA) is 92.5 Å². The number of piperidine rings is 1. The van der Waals surface area contributed by atoms with Crippen molar-refractivity contribution >= 4 is 15.9 Å². The molecule has 1 aliphatic heterocycles. The van der Waals surface area contributed by atoms with Crippen molar-refractivity contribution in [3.05, 3.63) is 0 Å². The Morgan fingerprint density at radius 1 is 1.33 bits per heavy atom. The van der Waals surface area contributed by atoms with E-state index in [4.69, 9.17) is 5.73 Å². The van der Waals surface area contributed by atoms with Gasteiger partial charge in [0.2, 0.25) is 15.9 Å². The summed E-state index contributed by atoms with van der Waals surface area (Å²) < 4.78 is 25.5. The first-order valence-electron chi connectivity index (χ1n) is 7.85. The average Bonchev–Trinajstić information content (AvgIpc) is 2.46. The molecule has 0 aromatic carbocycles. The minimum absolute atomic E-state index is 0.0284. The number of rotatable bonds is 7. The van der Waals surface area contributed by atoms with Crippen molar-refractivity contribution in [2.24, 2.45) is 11.7 Å². The van der Waals surface area contributed by atoms with Crippen molar-refractivity contribution in [3.63, 3.8) is 0 Å². The van der Waals surface area contributed by atoms with Crippen LogP contribution in [0.25, 0.3) is 0 Å². The number of hydrogen-bond donors (Lipinski definition) is 2. The zero-order valence-electron chi connectivity index (χ0n) is 13.3. The molecule has 1 amide bonds. The van der Waals surface area contributed by atoms with Crippen LogP contribution in [-0.4, -0.2) is 49.6 Å². The minimum Gasteiger partial charge on any atom is -0.352 e. The molecule has 1 rings (SSSR count). The number of sulfonamides is 1. The number of amides is 1. The van der Waals surface area contributed by atoms with Crippen LogP contribution < -0.4 is 11.1 Å². The molecule has 1 saturated heterocycles. The normalized spacial score (nSPS) is 21.0.